The fourth-order valence-corrected chi connectivity index (χ4v) is 3.66. The van der Waals surface area contributed by atoms with Crippen molar-refractivity contribution in [2.45, 2.75) is 19.4 Å². The zero-order chi connectivity index (χ0) is 21.1. The third-order valence-electron chi connectivity index (χ3n) is 5.01. The highest BCUT2D eigenvalue weighted by Gasteiger charge is 2.38. The van der Waals surface area contributed by atoms with Crippen LogP contribution in [0.3, 0.4) is 0 Å². The van der Waals surface area contributed by atoms with E-state index < -0.39 is 5.92 Å². The van der Waals surface area contributed by atoms with E-state index in [0.29, 0.717) is 36.7 Å². The minimum atomic E-state index is -0.541. The molecular formula is C21H21N3O5S. The maximum atomic E-state index is 12.9. The van der Waals surface area contributed by atoms with Crippen LogP contribution in [0.15, 0.2) is 52.9 Å². The van der Waals surface area contributed by atoms with E-state index in [1.807, 2.05) is 24.3 Å². The van der Waals surface area contributed by atoms with Crippen LogP contribution in [0.1, 0.15) is 18.4 Å². The number of benzene rings is 1. The van der Waals surface area contributed by atoms with Gasteiger partial charge in [-0.2, -0.15) is 0 Å². The van der Waals surface area contributed by atoms with Gasteiger partial charge in [-0.15, -0.1) is 0 Å². The van der Waals surface area contributed by atoms with Crippen molar-refractivity contribution in [1.29, 1.82) is 0 Å². The summed E-state index contributed by atoms with van der Waals surface area (Å²) >= 11 is 5.29. The molecule has 156 valence electrons. The molecule has 0 aromatic heterocycles. The van der Waals surface area contributed by atoms with Crippen LogP contribution in [0.2, 0.25) is 0 Å². The Kier molecular flexibility index (Phi) is 5.80. The van der Waals surface area contributed by atoms with Crippen molar-refractivity contribution in [3.63, 3.8) is 0 Å². The van der Waals surface area contributed by atoms with E-state index in [1.165, 1.54) is 4.90 Å². The van der Waals surface area contributed by atoms with Crippen molar-refractivity contribution >= 4 is 34.9 Å². The van der Waals surface area contributed by atoms with E-state index in [2.05, 4.69) is 10.3 Å². The summed E-state index contributed by atoms with van der Waals surface area (Å²) in [6, 6.07) is 7.50. The number of carbonyl (C=O) groups excluding carboxylic acids is 2. The smallest absolute Gasteiger partial charge is 0.241 e. The Bertz CT molecular complexity index is 967. The Morgan fingerprint density at radius 3 is 2.83 bits per heavy atom. The molecule has 4 rings (SSSR count). The van der Waals surface area contributed by atoms with Gasteiger partial charge in [0.2, 0.25) is 23.7 Å². The highest BCUT2D eigenvalue weighted by atomic mass is 32.1. The number of thiocarbonyl (C=S) groups is 1. The molecule has 1 aromatic rings. The Balaban J connectivity index is 1.27. The summed E-state index contributed by atoms with van der Waals surface area (Å²) in [7, 11) is 1.61. The van der Waals surface area contributed by atoms with Gasteiger partial charge in [-0.05, 0) is 42.4 Å². The van der Waals surface area contributed by atoms with Gasteiger partial charge < -0.3 is 19.5 Å². The SMILES string of the molecule is COc1ccc(CNC(=O)CCCN2C(=O)C3C=C4OCOC4=CC3=NC2=S)cc1. The molecule has 0 radical (unpaired) electrons. The zero-order valence-electron chi connectivity index (χ0n) is 16.4. The van der Waals surface area contributed by atoms with E-state index >= 15 is 0 Å². The molecule has 9 heteroatoms. The predicted molar refractivity (Wildman–Crippen MR) is 113 cm³/mol. The second kappa shape index (κ2) is 8.66. The van der Waals surface area contributed by atoms with Crippen molar-refractivity contribution in [1.82, 2.24) is 10.2 Å². The lowest BCUT2D eigenvalue weighted by molar-refractivity contribution is -0.129. The Labute approximate surface area is 179 Å². The maximum Gasteiger partial charge on any atom is 0.241 e. The molecule has 2 amide bonds. The Morgan fingerprint density at radius 2 is 2.07 bits per heavy atom. The molecule has 2 heterocycles. The summed E-state index contributed by atoms with van der Waals surface area (Å²) in [6.07, 6.45) is 4.17. The third kappa shape index (κ3) is 4.20. The van der Waals surface area contributed by atoms with Gasteiger partial charge >= 0.3 is 0 Å². The van der Waals surface area contributed by atoms with Gasteiger partial charge in [-0.3, -0.25) is 14.5 Å². The number of aliphatic imine (C=N–C) groups is 1. The fourth-order valence-electron chi connectivity index (χ4n) is 3.37. The number of amides is 2. The molecule has 30 heavy (non-hydrogen) atoms. The molecule has 0 saturated carbocycles. The van der Waals surface area contributed by atoms with E-state index in [-0.39, 0.29) is 30.1 Å². The number of carbonyl (C=O) groups is 2. The summed E-state index contributed by atoms with van der Waals surface area (Å²) in [4.78, 5) is 30.8. The first kappa shape index (κ1) is 20.1. The normalized spacial score (nSPS) is 19.6. The first-order chi connectivity index (χ1) is 14.5. The molecule has 1 unspecified atom stereocenters. The summed E-state index contributed by atoms with van der Waals surface area (Å²) in [5.74, 6) is 1.10. The first-order valence-corrected chi connectivity index (χ1v) is 9.99. The largest absolute Gasteiger partial charge is 0.497 e. The molecule has 0 spiro atoms. The molecule has 1 N–H and O–H groups in total. The lowest BCUT2D eigenvalue weighted by atomic mass is 9.94. The summed E-state index contributed by atoms with van der Waals surface area (Å²) < 4.78 is 15.8. The van der Waals surface area contributed by atoms with Crippen LogP contribution in [0, 0.1) is 5.92 Å². The highest BCUT2D eigenvalue weighted by Crippen LogP contribution is 2.31. The van der Waals surface area contributed by atoms with E-state index in [4.69, 9.17) is 26.4 Å². The molecule has 3 aliphatic rings. The van der Waals surface area contributed by atoms with Crippen LogP contribution in [-0.2, 0) is 25.6 Å². The second-order valence-electron chi connectivity index (χ2n) is 6.96. The number of rotatable bonds is 7. The predicted octanol–water partition coefficient (Wildman–Crippen LogP) is 2.06. The molecule has 1 saturated heterocycles. The zero-order valence-corrected chi connectivity index (χ0v) is 17.2. The van der Waals surface area contributed by atoms with Crippen LogP contribution in [0.4, 0.5) is 0 Å². The van der Waals surface area contributed by atoms with Crippen molar-refractivity contribution in [3.05, 3.63) is 53.5 Å². The molecule has 2 aliphatic heterocycles. The number of hydrogen-bond donors (Lipinski definition) is 1. The van der Waals surface area contributed by atoms with Gasteiger partial charge in [0.15, 0.2) is 11.5 Å². The number of ether oxygens (including phenoxy) is 3. The number of nitrogens with one attached hydrogen (secondary N) is 1. The van der Waals surface area contributed by atoms with Gasteiger partial charge in [0.1, 0.15) is 11.7 Å². The molecule has 8 nitrogen and oxygen atoms in total. The number of fused-ring (bicyclic) bond motifs is 2. The van der Waals surface area contributed by atoms with Crippen LogP contribution in [0.5, 0.6) is 5.75 Å². The summed E-state index contributed by atoms with van der Waals surface area (Å²) in [5.41, 5.74) is 1.54. The Morgan fingerprint density at radius 1 is 1.30 bits per heavy atom. The fraction of sp³-hybridized carbons (Fsp3) is 0.333. The highest BCUT2D eigenvalue weighted by molar-refractivity contribution is 7.80. The topological polar surface area (TPSA) is 89.5 Å². The number of methoxy groups -OCH3 is 1. The van der Waals surface area contributed by atoms with Gasteiger partial charge in [-0.25, -0.2) is 4.99 Å². The Hall–Kier alpha value is -3.20. The van der Waals surface area contributed by atoms with Crippen molar-refractivity contribution < 1.29 is 23.8 Å². The number of nitrogens with zero attached hydrogens (tertiary/aromatic N) is 2. The van der Waals surface area contributed by atoms with Crippen molar-refractivity contribution in [3.8, 4) is 5.75 Å². The quantitative estimate of drug-likeness (QED) is 0.670. The average molecular weight is 427 g/mol. The maximum absolute atomic E-state index is 12.9. The lowest BCUT2D eigenvalue weighted by Crippen LogP contribution is -2.46. The van der Waals surface area contributed by atoms with E-state index in [9.17, 15) is 9.59 Å². The third-order valence-corrected chi connectivity index (χ3v) is 5.32. The lowest BCUT2D eigenvalue weighted by Gasteiger charge is -2.30. The van der Waals surface area contributed by atoms with Crippen LogP contribution in [0.25, 0.3) is 0 Å². The van der Waals surface area contributed by atoms with E-state index in [1.54, 1.807) is 19.3 Å². The molecule has 0 bridgehead atoms. The number of allylic oxidation sites excluding steroid dienone is 1. The van der Waals surface area contributed by atoms with Gasteiger partial charge in [0.25, 0.3) is 0 Å². The van der Waals surface area contributed by atoms with Crippen molar-refractivity contribution in [2.24, 2.45) is 10.9 Å². The van der Waals surface area contributed by atoms with E-state index in [0.717, 1.165) is 11.3 Å². The average Bonchev–Trinajstić information content (AvgIpc) is 3.21. The summed E-state index contributed by atoms with van der Waals surface area (Å²) in [5, 5.41) is 3.08. The van der Waals surface area contributed by atoms with Crippen LogP contribution >= 0.6 is 12.2 Å². The summed E-state index contributed by atoms with van der Waals surface area (Å²) in [6.45, 7) is 0.896. The minimum Gasteiger partial charge on any atom is -0.497 e. The molecule has 1 fully saturated rings. The molecule has 1 aliphatic carbocycles. The van der Waals surface area contributed by atoms with Crippen molar-refractivity contribution in [2.75, 3.05) is 20.4 Å². The molecule has 1 aromatic carbocycles. The molecule has 1 atom stereocenters. The van der Waals surface area contributed by atoms with Gasteiger partial charge in [0.05, 0.1) is 12.8 Å². The monoisotopic (exact) mass is 427 g/mol. The number of hydrogen-bond acceptors (Lipinski definition) is 6. The van der Waals surface area contributed by atoms with Gasteiger partial charge in [0, 0.05) is 25.6 Å². The van der Waals surface area contributed by atoms with Gasteiger partial charge in [-0.1, -0.05) is 12.1 Å². The first-order valence-electron chi connectivity index (χ1n) is 9.58. The second-order valence-corrected chi connectivity index (χ2v) is 7.33. The van der Waals surface area contributed by atoms with Crippen LogP contribution < -0.4 is 10.1 Å². The van der Waals surface area contributed by atoms with Crippen LogP contribution in [-0.4, -0.2) is 48.0 Å². The molecular weight excluding hydrogens is 406 g/mol. The standard InChI is InChI=1S/C21H21N3O5S/c1-27-14-6-4-13(5-7-14)11-22-19(25)3-2-8-24-20(26)15-9-17-18(29-12-28-17)10-16(15)23-21(24)30/h4-7,9-10,15H,2-3,8,11-12H2,1H3,(H,22,25). The minimum absolute atomic E-state index is 0.0887.